The standard InChI is InChI=1S/C14H30O3Se.C6H16N2/c1-2-3-4-5-6-7-8-9-10-11-12-13-14-17-18(15)16;1-7(2)5-6-8(3)4/h2-14H2,1H3,(H,15,16);5-6H2,1-4H3. The minimum atomic E-state index is -2.89. The van der Waals surface area contributed by atoms with E-state index in [4.69, 9.17) is 4.19 Å². The van der Waals surface area contributed by atoms with E-state index in [1.807, 2.05) is 0 Å². The largest absolute Gasteiger partial charge is 0.308 e. The first kappa shape index (κ1) is 28.4. The van der Waals surface area contributed by atoms with Crippen LogP contribution >= 0.6 is 0 Å². The second kappa shape index (κ2) is 23.2. The Morgan fingerprint density at radius 3 is 1.35 bits per heavy atom. The second-order valence-corrected chi connectivity index (χ2v) is 8.94. The topological polar surface area (TPSA) is 53.0 Å². The summed E-state index contributed by atoms with van der Waals surface area (Å²) in [6, 6.07) is 0. The molecule has 0 aliphatic heterocycles. The van der Waals surface area contributed by atoms with E-state index < -0.39 is 14.5 Å². The molecule has 0 saturated carbocycles. The van der Waals surface area contributed by atoms with Crippen molar-refractivity contribution in [3.05, 3.63) is 0 Å². The van der Waals surface area contributed by atoms with Crippen LogP contribution in [0.2, 0.25) is 0 Å². The zero-order valence-electron chi connectivity index (χ0n) is 18.2. The van der Waals surface area contributed by atoms with Gasteiger partial charge in [0.2, 0.25) is 0 Å². The zero-order chi connectivity index (χ0) is 20.0. The van der Waals surface area contributed by atoms with Crippen molar-refractivity contribution in [1.82, 2.24) is 9.80 Å². The summed E-state index contributed by atoms with van der Waals surface area (Å²) in [5, 5.41) is 0. The molecule has 0 bridgehead atoms. The van der Waals surface area contributed by atoms with E-state index in [1.165, 1.54) is 64.2 Å². The van der Waals surface area contributed by atoms with Crippen LogP contribution < -0.4 is 0 Å². The minimum Gasteiger partial charge on any atom is -0.308 e. The summed E-state index contributed by atoms with van der Waals surface area (Å²) in [7, 11) is 8.35. The van der Waals surface area contributed by atoms with Crippen LogP contribution in [-0.2, 0) is 7.65 Å². The van der Waals surface area contributed by atoms with Crippen LogP contribution in [0.5, 0.6) is 0 Å². The van der Waals surface area contributed by atoms with E-state index in [0.717, 1.165) is 25.9 Å². The molecule has 0 aromatic carbocycles. The maximum atomic E-state index is 10.3. The summed E-state index contributed by atoms with van der Waals surface area (Å²) in [4.78, 5) is 4.36. The quantitative estimate of drug-likeness (QED) is 0.271. The van der Waals surface area contributed by atoms with Crippen molar-refractivity contribution in [3.63, 3.8) is 0 Å². The summed E-state index contributed by atoms with van der Waals surface area (Å²) < 4.78 is 23.4. The summed E-state index contributed by atoms with van der Waals surface area (Å²) in [5.41, 5.74) is 0. The Labute approximate surface area is 168 Å². The Morgan fingerprint density at radius 1 is 0.692 bits per heavy atom. The smallest absolute Gasteiger partial charge is 0.0103 e. The van der Waals surface area contributed by atoms with Gasteiger partial charge in [0.05, 0.1) is 0 Å². The van der Waals surface area contributed by atoms with Crippen molar-refractivity contribution in [3.8, 4) is 0 Å². The van der Waals surface area contributed by atoms with E-state index in [2.05, 4.69) is 48.7 Å². The van der Waals surface area contributed by atoms with E-state index >= 15 is 0 Å². The summed E-state index contributed by atoms with van der Waals surface area (Å²) >= 11 is -2.89. The van der Waals surface area contributed by atoms with Crippen LogP contribution in [0.25, 0.3) is 0 Å². The number of unbranched alkanes of at least 4 members (excludes halogenated alkanes) is 11. The first-order valence-corrected chi connectivity index (χ1v) is 12.6. The van der Waals surface area contributed by atoms with Crippen molar-refractivity contribution >= 4 is 14.5 Å². The number of hydrogen-bond donors (Lipinski definition) is 1. The van der Waals surface area contributed by atoms with Crippen molar-refractivity contribution in [2.45, 2.75) is 84.0 Å². The van der Waals surface area contributed by atoms with Gasteiger partial charge < -0.3 is 9.80 Å². The van der Waals surface area contributed by atoms with Gasteiger partial charge in [-0.2, -0.15) is 0 Å². The minimum absolute atomic E-state index is 0.447. The molecule has 1 unspecified atom stereocenters. The molecular weight excluding hydrogens is 395 g/mol. The summed E-state index contributed by atoms with van der Waals surface area (Å²) in [6.07, 6.45) is 15.6. The molecule has 0 aliphatic rings. The van der Waals surface area contributed by atoms with E-state index in [-0.39, 0.29) is 0 Å². The average molecular weight is 442 g/mol. The van der Waals surface area contributed by atoms with Crippen molar-refractivity contribution < 1.29 is 11.8 Å². The van der Waals surface area contributed by atoms with E-state index in [0.29, 0.717) is 6.61 Å². The normalized spacial score (nSPS) is 12.3. The molecular formula is C20H46N2O3Se. The van der Waals surface area contributed by atoms with Gasteiger partial charge in [-0.3, -0.25) is 0 Å². The first-order chi connectivity index (χ1) is 12.4. The summed E-state index contributed by atoms with van der Waals surface area (Å²) in [5.74, 6) is 0. The van der Waals surface area contributed by atoms with Crippen molar-refractivity contribution in [2.75, 3.05) is 47.9 Å². The number of nitrogens with zero attached hydrogens (tertiary/aromatic N) is 2. The first-order valence-electron chi connectivity index (χ1n) is 10.4. The maximum Gasteiger partial charge on any atom is 0.0103 e. The molecule has 160 valence electrons. The van der Waals surface area contributed by atoms with Crippen LogP contribution in [0, 0.1) is 0 Å². The van der Waals surface area contributed by atoms with Gasteiger partial charge in [0.1, 0.15) is 0 Å². The fourth-order valence-electron chi connectivity index (χ4n) is 2.47. The molecule has 0 rings (SSSR count). The van der Waals surface area contributed by atoms with Gasteiger partial charge in [-0.05, 0) is 28.2 Å². The third-order valence-electron chi connectivity index (χ3n) is 4.18. The van der Waals surface area contributed by atoms with E-state index in [1.54, 1.807) is 0 Å². The molecule has 0 amide bonds. The molecule has 0 radical (unpaired) electrons. The van der Waals surface area contributed by atoms with Gasteiger partial charge >= 0.3 is 97.2 Å². The van der Waals surface area contributed by atoms with Gasteiger partial charge in [0, 0.05) is 13.1 Å². The molecule has 0 heterocycles. The summed E-state index contributed by atoms with van der Waals surface area (Å²) in [6.45, 7) is 4.99. The monoisotopic (exact) mass is 442 g/mol. The van der Waals surface area contributed by atoms with Crippen LogP contribution in [0.15, 0.2) is 0 Å². The molecule has 6 heteroatoms. The molecule has 0 aromatic rings. The third-order valence-corrected chi connectivity index (χ3v) is 4.95. The number of rotatable bonds is 17. The molecule has 0 saturated heterocycles. The molecule has 1 N–H and O–H groups in total. The molecule has 26 heavy (non-hydrogen) atoms. The Kier molecular flexibility index (Phi) is 25.3. The molecule has 5 nitrogen and oxygen atoms in total. The zero-order valence-corrected chi connectivity index (χ0v) is 19.9. The number of likely N-dealkylation sites (N-methyl/N-ethyl adjacent to an activating group) is 2. The van der Waals surface area contributed by atoms with Crippen LogP contribution in [0.1, 0.15) is 84.0 Å². The van der Waals surface area contributed by atoms with Crippen molar-refractivity contribution in [1.29, 1.82) is 0 Å². The SMILES string of the molecule is CCCCCCCCCCCCCCO[Se](=O)O.CN(C)CCN(C)C. The Morgan fingerprint density at radius 2 is 1.04 bits per heavy atom. The predicted octanol–water partition coefficient (Wildman–Crippen LogP) is 4.22. The molecule has 0 aliphatic carbocycles. The van der Waals surface area contributed by atoms with Crippen LogP contribution in [0.3, 0.4) is 0 Å². The maximum absolute atomic E-state index is 10.3. The Balaban J connectivity index is 0. The van der Waals surface area contributed by atoms with E-state index in [9.17, 15) is 3.83 Å². The fraction of sp³-hybridized carbons (Fsp3) is 1.00. The molecule has 0 fully saturated rings. The average Bonchev–Trinajstić information content (AvgIpc) is 2.57. The van der Waals surface area contributed by atoms with Gasteiger partial charge in [0.25, 0.3) is 0 Å². The van der Waals surface area contributed by atoms with Crippen LogP contribution in [-0.4, -0.2) is 76.4 Å². The van der Waals surface area contributed by atoms with Crippen LogP contribution in [0.4, 0.5) is 0 Å². The third kappa shape index (κ3) is 31.9. The molecule has 0 spiro atoms. The van der Waals surface area contributed by atoms with Gasteiger partial charge in [-0.15, -0.1) is 0 Å². The van der Waals surface area contributed by atoms with Gasteiger partial charge in [0.15, 0.2) is 0 Å². The van der Waals surface area contributed by atoms with Crippen molar-refractivity contribution in [2.24, 2.45) is 0 Å². The molecule has 0 aromatic heterocycles. The fourth-order valence-corrected chi connectivity index (χ4v) is 3.02. The second-order valence-electron chi connectivity index (χ2n) is 7.53. The Bertz CT molecular complexity index is 282. The predicted molar refractivity (Wildman–Crippen MR) is 113 cm³/mol. The van der Waals surface area contributed by atoms with Gasteiger partial charge in [-0.1, -0.05) is 19.8 Å². The van der Waals surface area contributed by atoms with Gasteiger partial charge in [-0.25, -0.2) is 0 Å². The number of hydrogen-bond acceptors (Lipinski definition) is 4. The Hall–Kier alpha value is 0.159. The molecule has 1 atom stereocenters.